The third-order valence-corrected chi connectivity index (χ3v) is 4.81. The molecular weight excluding hydrogens is 222 g/mol. The van der Waals surface area contributed by atoms with E-state index in [-0.39, 0.29) is 0 Å². The summed E-state index contributed by atoms with van der Waals surface area (Å²) in [6, 6.07) is 0.722. The van der Waals surface area contributed by atoms with E-state index in [2.05, 4.69) is 18.9 Å². The maximum atomic E-state index is 11.1. The first-order valence-corrected chi connectivity index (χ1v) is 8.36. The molecule has 0 atom stereocenters. The molecule has 0 spiro atoms. The summed E-state index contributed by atoms with van der Waals surface area (Å²) in [5.74, 6) is 1.00. The van der Waals surface area contributed by atoms with Gasteiger partial charge in [-0.1, -0.05) is 6.92 Å². The number of rotatable bonds is 5. The van der Waals surface area contributed by atoms with Crippen LogP contribution in [0.15, 0.2) is 0 Å². The van der Waals surface area contributed by atoms with Crippen molar-refractivity contribution in [2.24, 2.45) is 5.92 Å². The van der Waals surface area contributed by atoms with Crippen LogP contribution in [-0.4, -0.2) is 45.0 Å². The van der Waals surface area contributed by atoms with E-state index in [0.29, 0.717) is 11.7 Å². The van der Waals surface area contributed by atoms with Crippen molar-refractivity contribution >= 4 is 9.84 Å². The Bertz CT molecular complexity index is 292. The fourth-order valence-corrected chi connectivity index (χ4v) is 3.27. The molecule has 0 amide bonds. The molecule has 3 nitrogen and oxygen atoms in total. The highest BCUT2D eigenvalue weighted by Gasteiger charge is 2.23. The number of hydrogen-bond donors (Lipinski definition) is 0. The van der Waals surface area contributed by atoms with Crippen molar-refractivity contribution in [2.75, 3.05) is 25.6 Å². The Hall–Kier alpha value is -0.0900. The van der Waals surface area contributed by atoms with Crippen LogP contribution in [0, 0.1) is 5.92 Å². The topological polar surface area (TPSA) is 37.4 Å². The van der Waals surface area contributed by atoms with Crippen molar-refractivity contribution in [3.63, 3.8) is 0 Å². The molecule has 0 heterocycles. The second-order valence-corrected chi connectivity index (χ2v) is 7.43. The van der Waals surface area contributed by atoms with E-state index in [1.165, 1.54) is 31.9 Å². The van der Waals surface area contributed by atoms with E-state index in [9.17, 15) is 8.42 Å². The van der Waals surface area contributed by atoms with Crippen molar-refractivity contribution in [3.05, 3.63) is 0 Å². The molecule has 0 N–H and O–H groups in total. The van der Waals surface area contributed by atoms with E-state index >= 15 is 0 Å². The number of hydrogen-bond acceptors (Lipinski definition) is 3. The molecule has 1 fully saturated rings. The van der Waals surface area contributed by atoms with Crippen LogP contribution in [0.2, 0.25) is 0 Å². The van der Waals surface area contributed by atoms with Gasteiger partial charge in [0.1, 0.15) is 9.84 Å². The summed E-state index contributed by atoms with van der Waals surface area (Å²) in [4.78, 5) is 2.41. The second-order valence-electron chi connectivity index (χ2n) is 5.17. The van der Waals surface area contributed by atoms with Gasteiger partial charge in [0.2, 0.25) is 0 Å². The zero-order chi connectivity index (χ0) is 12.2. The highest BCUT2D eigenvalue weighted by molar-refractivity contribution is 7.90. The van der Waals surface area contributed by atoms with Crippen LogP contribution >= 0.6 is 0 Å². The molecule has 0 aliphatic heterocycles. The van der Waals surface area contributed by atoms with Crippen LogP contribution in [-0.2, 0) is 9.84 Å². The standard InChI is InChI=1S/C12H25NO2S/c1-4-13(2)12-7-5-11(6-8-12)9-10-16(3,14)15/h11-12H,4-10H2,1-3H3. The third-order valence-electron chi connectivity index (χ3n) is 3.84. The first-order chi connectivity index (χ1) is 7.42. The highest BCUT2D eigenvalue weighted by atomic mass is 32.2. The average molecular weight is 247 g/mol. The fraction of sp³-hybridized carbons (Fsp3) is 1.00. The second kappa shape index (κ2) is 6.01. The molecular formula is C12H25NO2S. The largest absolute Gasteiger partial charge is 0.304 e. The summed E-state index contributed by atoms with van der Waals surface area (Å²) < 4.78 is 22.2. The SMILES string of the molecule is CCN(C)C1CCC(CCS(C)(=O)=O)CC1. The van der Waals surface area contributed by atoms with Crippen LogP contribution in [0.3, 0.4) is 0 Å². The summed E-state index contributed by atoms with van der Waals surface area (Å²) in [7, 11) is -0.586. The molecule has 0 saturated heterocycles. The minimum Gasteiger partial charge on any atom is -0.304 e. The van der Waals surface area contributed by atoms with E-state index in [1.54, 1.807) is 0 Å². The Morgan fingerprint density at radius 2 is 1.75 bits per heavy atom. The van der Waals surface area contributed by atoms with Gasteiger partial charge >= 0.3 is 0 Å². The van der Waals surface area contributed by atoms with Gasteiger partial charge in [0.15, 0.2) is 0 Å². The van der Waals surface area contributed by atoms with Crippen molar-refractivity contribution in [3.8, 4) is 0 Å². The molecule has 0 bridgehead atoms. The average Bonchev–Trinajstić information content (AvgIpc) is 2.25. The lowest BCUT2D eigenvalue weighted by atomic mass is 9.84. The highest BCUT2D eigenvalue weighted by Crippen LogP contribution is 2.29. The molecule has 1 rings (SSSR count). The Morgan fingerprint density at radius 3 is 2.19 bits per heavy atom. The minimum absolute atomic E-state index is 0.367. The Kier molecular flexibility index (Phi) is 5.25. The van der Waals surface area contributed by atoms with E-state index < -0.39 is 9.84 Å². The van der Waals surface area contributed by atoms with Crippen LogP contribution < -0.4 is 0 Å². The number of sulfone groups is 1. The number of nitrogens with zero attached hydrogens (tertiary/aromatic N) is 1. The van der Waals surface area contributed by atoms with Crippen LogP contribution in [0.4, 0.5) is 0 Å². The van der Waals surface area contributed by atoms with Crippen LogP contribution in [0.5, 0.6) is 0 Å². The quantitative estimate of drug-likeness (QED) is 0.745. The molecule has 0 radical (unpaired) electrons. The Labute approximate surface area is 100 Å². The smallest absolute Gasteiger partial charge is 0.147 e. The maximum absolute atomic E-state index is 11.1. The van der Waals surface area contributed by atoms with Gasteiger partial charge in [-0.15, -0.1) is 0 Å². The van der Waals surface area contributed by atoms with E-state index in [1.807, 2.05) is 0 Å². The maximum Gasteiger partial charge on any atom is 0.147 e. The van der Waals surface area contributed by atoms with Gasteiger partial charge in [-0.2, -0.15) is 0 Å². The summed E-state index contributed by atoms with van der Waals surface area (Å²) in [5.41, 5.74) is 0. The lowest BCUT2D eigenvalue weighted by Gasteiger charge is -2.34. The zero-order valence-corrected chi connectivity index (χ0v) is 11.6. The molecule has 96 valence electrons. The van der Waals surface area contributed by atoms with Gasteiger partial charge in [-0.3, -0.25) is 0 Å². The van der Waals surface area contributed by atoms with Crippen molar-refractivity contribution in [1.82, 2.24) is 4.90 Å². The van der Waals surface area contributed by atoms with Gasteiger partial charge in [0.05, 0.1) is 5.75 Å². The van der Waals surface area contributed by atoms with Gasteiger partial charge in [0, 0.05) is 12.3 Å². The first-order valence-electron chi connectivity index (χ1n) is 6.30. The molecule has 1 aliphatic rings. The summed E-state index contributed by atoms with van der Waals surface area (Å²) >= 11 is 0. The first kappa shape index (κ1) is 14.0. The molecule has 16 heavy (non-hydrogen) atoms. The predicted molar refractivity (Wildman–Crippen MR) is 68.4 cm³/mol. The summed E-state index contributed by atoms with van der Waals surface area (Å²) in [6.45, 7) is 3.30. The molecule has 1 aliphatic carbocycles. The summed E-state index contributed by atoms with van der Waals surface area (Å²) in [6.07, 6.45) is 7.07. The lowest BCUT2D eigenvalue weighted by molar-refractivity contribution is 0.170. The van der Waals surface area contributed by atoms with E-state index in [4.69, 9.17) is 0 Å². The molecule has 0 unspecified atom stereocenters. The molecule has 4 heteroatoms. The van der Waals surface area contributed by atoms with Gasteiger partial charge in [-0.05, 0) is 51.6 Å². The van der Waals surface area contributed by atoms with Crippen molar-refractivity contribution in [2.45, 2.75) is 45.1 Å². The van der Waals surface area contributed by atoms with Crippen molar-refractivity contribution < 1.29 is 8.42 Å². The van der Waals surface area contributed by atoms with Gasteiger partial charge < -0.3 is 4.90 Å². The predicted octanol–water partition coefficient (Wildman–Crippen LogP) is 1.93. The molecule has 1 saturated carbocycles. The zero-order valence-electron chi connectivity index (χ0n) is 10.8. The van der Waals surface area contributed by atoms with E-state index in [0.717, 1.165) is 19.0 Å². The Balaban J connectivity index is 2.27. The van der Waals surface area contributed by atoms with Crippen molar-refractivity contribution in [1.29, 1.82) is 0 Å². The molecule has 0 aromatic carbocycles. The van der Waals surface area contributed by atoms with Gasteiger partial charge in [0.25, 0.3) is 0 Å². The van der Waals surface area contributed by atoms with Gasteiger partial charge in [-0.25, -0.2) is 8.42 Å². The monoisotopic (exact) mass is 247 g/mol. The van der Waals surface area contributed by atoms with Crippen LogP contribution in [0.25, 0.3) is 0 Å². The lowest BCUT2D eigenvalue weighted by Crippen LogP contribution is -2.35. The molecule has 0 aromatic rings. The normalized spacial score (nSPS) is 27.2. The minimum atomic E-state index is -2.77. The molecule has 0 aromatic heterocycles. The van der Waals surface area contributed by atoms with Crippen LogP contribution in [0.1, 0.15) is 39.0 Å². The Morgan fingerprint density at radius 1 is 1.19 bits per heavy atom. The third kappa shape index (κ3) is 4.83. The fourth-order valence-electron chi connectivity index (χ4n) is 2.51. The summed E-state index contributed by atoms with van der Waals surface area (Å²) in [5, 5.41) is 0.